The Bertz CT molecular complexity index is 388. The predicted octanol–water partition coefficient (Wildman–Crippen LogP) is 3.49. The molecule has 0 radical (unpaired) electrons. The van der Waals surface area contributed by atoms with Crippen molar-refractivity contribution in [1.82, 2.24) is 9.97 Å². The van der Waals surface area contributed by atoms with Gasteiger partial charge in [-0.1, -0.05) is 25.4 Å². The number of halogens is 1. The second-order valence-electron chi connectivity index (χ2n) is 5.29. The van der Waals surface area contributed by atoms with Gasteiger partial charge < -0.3 is 4.90 Å². The highest BCUT2D eigenvalue weighted by Crippen LogP contribution is 2.39. The topological polar surface area (TPSA) is 29.0 Å². The molecule has 0 aliphatic heterocycles. The van der Waals surface area contributed by atoms with Gasteiger partial charge in [0.1, 0.15) is 16.8 Å². The average Bonchev–Trinajstić information content (AvgIpc) is 3.08. The van der Waals surface area contributed by atoms with Gasteiger partial charge in [0.05, 0.1) is 0 Å². The standard InChI is InChI=1S/C13H20ClN3/c1-9(2)6-7-17(3)12-8-11(14)15-13(16-12)10-4-5-10/h8-10H,4-7H2,1-3H3. The summed E-state index contributed by atoms with van der Waals surface area (Å²) in [6.45, 7) is 5.47. The van der Waals surface area contributed by atoms with Gasteiger partial charge in [-0.3, -0.25) is 0 Å². The molecule has 1 fully saturated rings. The van der Waals surface area contributed by atoms with Crippen LogP contribution >= 0.6 is 11.6 Å². The van der Waals surface area contributed by atoms with Crippen molar-refractivity contribution < 1.29 is 0 Å². The first kappa shape index (κ1) is 12.6. The third-order valence-corrected chi connectivity index (χ3v) is 3.27. The van der Waals surface area contributed by atoms with E-state index in [1.807, 2.05) is 6.07 Å². The van der Waals surface area contributed by atoms with E-state index in [-0.39, 0.29) is 0 Å². The van der Waals surface area contributed by atoms with Crippen molar-refractivity contribution in [2.45, 2.75) is 39.0 Å². The summed E-state index contributed by atoms with van der Waals surface area (Å²) in [5.41, 5.74) is 0. The number of nitrogens with zero attached hydrogens (tertiary/aromatic N) is 3. The number of hydrogen-bond acceptors (Lipinski definition) is 3. The van der Waals surface area contributed by atoms with Gasteiger partial charge in [-0.05, 0) is 25.2 Å². The zero-order valence-corrected chi connectivity index (χ0v) is 11.5. The van der Waals surface area contributed by atoms with Crippen molar-refractivity contribution in [2.75, 3.05) is 18.5 Å². The first-order valence-corrected chi connectivity index (χ1v) is 6.69. The first-order chi connectivity index (χ1) is 8.06. The van der Waals surface area contributed by atoms with Gasteiger partial charge in [-0.25, -0.2) is 9.97 Å². The third kappa shape index (κ3) is 3.56. The summed E-state index contributed by atoms with van der Waals surface area (Å²) in [6, 6.07) is 1.85. The van der Waals surface area contributed by atoms with Crippen LogP contribution in [0.15, 0.2) is 6.07 Å². The van der Waals surface area contributed by atoms with Gasteiger partial charge in [0.2, 0.25) is 0 Å². The fraction of sp³-hybridized carbons (Fsp3) is 0.692. The molecule has 4 heteroatoms. The number of aromatic nitrogens is 2. The maximum absolute atomic E-state index is 6.05. The molecule has 1 aromatic heterocycles. The minimum atomic E-state index is 0.547. The Kier molecular flexibility index (Phi) is 3.87. The van der Waals surface area contributed by atoms with Gasteiger partial charge in [0.25, 0.3) is 0 Å². The van der Waals surface area contributed by atoms with Crippen molar-refractivity contribution in [3.05, 3.63) is 17.0 Å². The molecule has 1 heterocycles. The lowest BCUT2D eigenvalue weighted by atomic mass is 10.1. The molecular formula is C13H20ClN3. The normalized spacial score (nSPS) is 15.4. The number of rotatable bonds is 5. The van der Waals surface area contributed by atoms with E-state index in [0.717, 1.165) is 24.6 Å². The second kappa shape index (κ2) is 5.21. The van der Waals surface area contributed by atoms with E-state index in [4.69, 9.17) is 11.6 Å². The van der Waals surface area contributed by atoms with Gasteiger partial charge in [0, 0.05) is 25.6 Å². The maximum Gasteiger partial charge on any atom is 0.135 e. The van der Waals surface area contributed by atoms with E-state index in [1.54, 1.807) is 0 Å². The minimum Gasteiger partial charge on any atom is -0.360 e. The zero-order valence-electron chi connectivity index (χ0n) is 10.8. The van der Waals surface area contributed by atoms with Gasteiger partial charge in [-0.2, -0.15) is 0 Å². The van der Waals surface area contributed by atoms with Crippen LogP contribution in [0, 0.1) is 5.92 Å². The van der Waals surface area contributed by atoms with Gasteiger partial charge >= 0.3 is 0 Å². The monoisotopic (exact) mass is 253 g/mol. The van der Waals surface area contributed by atoms with Crippen molar-refractivity contribution in [3.8, 4) is 0 Å². The molecule has 0 unspecified atom stereocenters. The fourth-order valence-corrected chi connectivity index (χ4v) is 1.89. The Morgan fingerprint density at radius 3 is 2.71 bits per heavy atom. The van der Waals surface area contributed by atoms with Crippen LogP contribution in [0.1, 0.15) is 44.9 Å². The number of hydrogen-bond donors (Lipinski definition) is 0. The molecule has 1 aliphatic carbocycles. The predicted molar refractivity (Wildman–Crippen MR) is 71.7 cm³/mol. The van der Waals surface area contributed by atoms with Crippen LogP contribution in [0.5, 0.6) is 0 Å². The molecule has 1 aliphatic rings. The summed E-state index contributed by atoms with van der Waals surface area (Å²) in [4.78, 5) is 11.1. The molecule has 0 saturated heterocycles. The second-order valence-corrected chi connectivity index (χ2v) is 5.67. The van der Waals surface area contributed by atoms with E-state index >= 15 is 0 Å². The molecule has 94 valence electrons. The van der Waals surface area contributed by atoms with E-state index in [9.17, 15) is 0 Å². The van der Waals surface area contributed by atoms with Crippen LogP contribution in [-0.2, 0) is 0 Å². The molecule has 0 spiro atoms. The Labute approximate surface area is 108 Å². The molecular weight excluding hydrogens is 234 g/mol. The molecule has 17 heavy (non-hydrogen) atoms. The van der Waals surface area contributed by atoms with Crippen molar-refractivity contribution in [2.24, 2.45) is 5.92 Å². The summed E-state index contributed by atoms with van der Waals surface area (Å²) >= 11 is 6.05. The van der Waals surface area contributed by atoms with E-state index in [2.05, 4.69) is 35.8 Å². The molecule has 3 nitrogen and oxygen atoms in total. The Morgan fingerprint density at radius 1 is 1.41 bits per heavy atom. The van der Waals surface area contributed by atoms with Crippen LogP contribution in [0.25, 0.3) is 0 Å². The highest BCUT2D eigenvalue weighted by atomic mass is 35.5. The SMILES string of the molecule is CC(C)CCN(C)c1cc(Cl)nc(C2CC2)n1. The summed E-state index contributed by atoms with van der Waals surface area (Å²) < 4.78 is 0. The first-order valence-electron chi connectivity index (χ1n) is 6.32. The van der Waals surface area contributed by atoms with Crippen molar-refractivity contribution in [1.29, 1.82) is 0 Å². The van der Waals surface area contributed by atoms with Crippen LogP contribution in [-0.4, -0.2) is 23.6 Å². The van der Waals surface area contributed by atoms with E-state index < -0.39 is 0 Å². The zero-order chi connectivity index (χ0) is 12.4. The Balaban J connectivity index is 2.08. The average molecular weight is 254 g/mol. The summed E-state index contributed by atoms with van der Waals surface area (Å²) in [5.74, 6) is 3.13. The Morgan fingerprint density at radius 2 is 2.12 bits per heavy atom. The lowest BCUT2D eigenvalue weighted by Crippen LogP contribution is -2.21. The van der Waals surface area contributed by atoms with Crippen LogP contribution in [0.3, 0.4) is 0 Å². The van der Waals surface area contributed by atoms with E-state index in [1.165, 1.54) is 12.8 Å². The Hall–Kier alpha value is -0.830. The highest BCUT2D eigenvalue weighted by molar-refractivity contribution is 6.29. The highest BCUT2D eigenvalue weighted by Gasteiger charge is 2.27. The molecule has 2 rings (SSSR count). The van der Waals surface area contributed by atoms with Gasteiger partial charge in [0.15, 0.2) is 0 Å². The summed E-state index contributed by atoms with van der Waals surface area (Å²) in [6.07, 6.45) is 3.57. The summed E-state index contributed by atoms with van der Waals surface area (Å²) in [7, 11) is 2.07. The maximum atomic E-state index is 6.05. The summed E-state index contributed by atoms with van der Waals surface area (Å²) in [5, 5.41) is 0.563. The number of anilines is 1. The molecule has 0 bridgehead atoms. The molecule has 0 aromatic carbocycles. The smallest absolute Gasteiger partial charge is 0.135 e. The molecule has 0 N–H and O–H groups in total. The van der Waals surface area contributed by atoms with Crippen LogP contribution in [0.2, 0.25) is 5.15 Å². The van der Waals surface area contributed by atoms with E-state index in [0.29, 0.717) is 17.0 Å². The largest absolute Gasteiger partial charge is 0.360 e. The molecule has 0 amide bonds. The minimum absolute atomic E-state index is 0.547. The van der Waals surface area contributed by atoms with Crippen LogP contribution in [0.4, 0.5) is 5.82 Å². The van der Waals surface area contributed by atoms with Crippen molar-refractivity contribution >= 4 is 17.4 Å². The lowest BCUT2D eigenvalue weighted by Gasteiger charge is -2.19. The fourth-order valence-electron chi connectivity index (χ4n) is 1.71. The molecule has 1 aromatic rings. The molecule has 0 atom stereocenters. The lowest BCUT2D eigenvalue weighted by molar-refractivity contribution is 0.583. The van der Waals surface area contributed by atoms with Crippen molar-refractivity contribution in [3.63, 3.8) is 0 Å². The van der Waals surface area contributed by atoms with Crippen LogP contribution < -0.4 is 4.90 Å². The molecule has 1 saturated carbocycles. The quantitative estimate of drug-likeness (QED) is 0.753. The van der Waals surface area contributed by atoms with Gasteiger partial charge in [-0.15, -0.1) is 0 Å². The third-order valence-electron chi connectivity index (χ3n) is 3.07.